The van der Waals surface area contributed by atoms with Crippen LogP contribution < -0.4 is 5.73 Å². The molecule has 2 aromatic rings. The van der Waals surface area contributed by atoms with Gasteiger partial charge in [0.05, 0.1) is 0 Å². The molecule has 17 heavy (non-hydrogen) atoms. The van der Waals surface area contributed by atoms with Gasteiger partial charge in [0.2, 0.25) is 0 Å². The molecule has 1 aromatic carbocycles. The smallest absolute Gasteiger partial charge is 0.101 e. The number of terminal acetylenes is 1. The van der Waals surface area contributed by atoms with E-state index in [0.717, 1.165) is 22.3 Å². The van der Waals surface area contributed by atoms with Gasteiger partial charge < -0.3 is 5.73 Å². The standard InChI is InChI=1S/C14H10ClNS/c1-3-10-4-5-13(16)12(8-10)9(2)11-6-7-17-14(11)15/h1,4-8H,2,16H2. The number of hydrogen-bond donors (Lipinski definition) is 1. The van der Waals surface area contributed by atoms with Crippen LogP contribution in [0.5, 0.6) is 0 Å². The monoisotopic (exact) mass is 259 g/mol. The van der Waals surface area contributed by atoms with Crippen molar-refractivity contribution in [3.05, 3.63) is 57.3 Å². The molecule has 1 heterocycles. The van der Waals surface area contributed by atoms with E-state index in [1.807, 2.05) is 17.5 Å². The van der Waals surface area contributed by atoms with E-state index in [9.17, 15) is 0 Å². The molecule has 0 saturated carbocycles. The molecule has 0 saturated heterocycles. The van der Waals surface area contributed by atoms with E-state index in [1.54, 1.807) is 12.1 Å². The minimum Gasteiger partial charge on any atom is -0.398 e. The second kappa shape index (κ2) is 4.67. The van der Waals surface area contributed by atoms with Crippen molar-refractivity contribution in [2.75, 3.05) is 5.73 Å². The van der Waals surface area contributed by atoms with Crippen molar-refractivity contribution in [1.29, 1.82) is 0 Å². The highest BCUT2D eigenvalue weighted by Gasteiger charge is 2.11. The molecule has 0 atom stereocenters. The van der Waals surface area contributed by atoms with Crippen molar-refractivity contribution in [2.45, 2.75) is 0 Å². The summed E-state index contributed by atoms with van der Waals surface area (Å²) < 4.78 is 0.709. The van der Waals surface area contributed by atoms with E-state index in [1.165, 1.54) is 11.3 Å². The van der Waals surface area contributed by atoms with Crippen molar-refractivity contribution >= 4 is 34.2 Å². The summed E-state index contributed by atoms with van der Waals surface area (Å²) in [7, 11) is 0. The number of anilines is 1. The highest BCUT2D eigenvalue weighted by molar-refractivity contribution is 7.14. The van der Waals surface area contributed by atoms with Crippen molar-refractivity contribution in [2.24, 2.45) is 0 Å². The Morgan fingerprint density at radius 3 is 2.71 bits per heavy atom. The Balaban J connectivity index is 2.52. The van der Waals surface area contributed by atoms with Gasteiger partial charge in [0, 0.05) is 22.4 Å². The van der Waals surface area contributed by atoms with Crippen molar-refractivity contribution in [1.82, 2.24) is 0 Å². The van der Waals surface area contributed by atoms with E-state index in [0.29, 0.717) is 10.0 Å². The Hall–Kier alpha value is -1.69. The van der Waals surface area contributed by atoms with Crippen LogP contribution in [0, 0.1) is 12.3 Å². The lowest BCUT2D eigenvalue weighted by Crippen LogP contribution is -1.95. The Kier molecular flexibility index (Phi) is 3.23. The van der Waals surface area contributed by atoms with E-state index < -0.39 is 0 Å². The Morgan fingerprint density at radius 1 is 1.35 bits per heavy atom. The normalized spacial score (nSPS) is 9.88. The minimum atomic E-state index is 0.649. The fraction of sp³-hybridized carbons (Fsp3) is 0. The third-order valence-corrected chi connectivity index (χ3v) is 3.66. The predicted octanol–water partition coefficient (Wildman–Crippen LogP) is 4.03. The molecule has 0 bridgehead atoms. The SMILES string of the molecule is C#Cc1ccc(N)c(C(=C)c2ccsc2Cl)c1. The van der Waals surface area contributed by atoms with Crippen molar-refractivity contribution in [3.63, 3.8) is 0 Å². The molecule has 1 aromatic heterocycles. The molecule has 0 aliphatic rings. The molecule has 84 valence electrons. The zero-order valence-electron chi connectivity index (χ0n) is 9.03. The number of thiophene rings is 1. The van der Waals surface area contributed by atoms with Crippen LogP contribution >= 0.6 is 22.9 Å². The fourth-order valence-corrected chi connectivity index (χ4v) is 2.54. The third-order valence-electron chi connectivity index (χ3n) is 2.49. The highest BCUT2D eigenvalue weighted by Crippen LogP contribution is 2.34. The maximum atomic E-state index is 6.09. The van der Waals surface area contributed by atoms with Gasteiger partial charge in [0.15, 0.2) is 0 Å². The molecule has 2 rings (SSSR count). The van der Waals surface area contributed by atoms with E-state index in [4.69, 9.17) is 23.8 Å². The van der Waals surface area contributed by atoms with E-state index >= 15 is 0 Å². The first-order valence-electron chi connectivity index (χ1n) is 4.92. The number of benzene rings is 1. The van der Waals surface area contributed by atoms with Crippen LogP contribution in [0.15, 0.2) is 36.2 Å². The average Bonchev–Trinajstić information content (AvgIpc) is 2.75. The van der Waals surface area contributed by atoms with Gasteiger partial charge in [-0.15, -0.1) is 17.8 Å². The lowest BCUT2D eigenvalue weighted by atomic mass is 9.98. The summed E-state index contributed by atoms with van der Waals surface area (Å²) in [6.07, 6.45) is 5.37. The molecule has 2 N–H and O–H groups in total. The van der Waals surface area contributed by atoms with Gasteiger partial charge >= 0.3 is 0 Å². The predicted molar refractivity (Wildman–Crippen MR) is 76.3 cm³/mol. The van der Waals surface area contributed by atoms with Gasteiger partial charge in [-0.3, -0.25) is 0 Å². The summed E-state index contributed by atoms with van der Waals surface area (Å²) in [4.78, 5) is 0. The Bertz CT molecular complexity index is 619. The van der Waals surface area contributed by atoms with Crippen LogP contribution in [0.1, 0.15) is 16.7 Å². The number of halogens is 1. The summed E-state index contributed by atoms with van der Waals surface area (Å²) in [6.45, 7) is 4.04. The van der Waals surface area contributed by atoms with Crippen molar-refractivity contribution in [3.8, 4) is 12.3 Å². The van der Waals surface area contributed by atoms with Crippen molar-refractivity contribution < 1.29 is 0 Å². The largest absolute Gasteiger partial charge is 0.398 e. The summed E-state index contributed by atoms with van der Waals surface area (Å²) in [5, 5.41) is 1.92. The molecule has 3 heteroatoms. The zero-order chi connectivity index (χ0) is 12.4. The summed E-state index contributed by atoms with van der Waals surface area (Å²) >= 11 is 7.55. The summed E-state index contributed by atoms with van der Waals surface area (Å²) in [6, 6.07) is 7.38. The zero-order valence-corrected chi connectivity index (χ0v) is 10.6. The molecule has 0 spiro atoms. The lowest BCUT2D eigenvalue weighted by molar-refractivity contribution is 1.56. The topological polar surface area (TPSA) is 26.0 Å². The lowest BCUT2D eigenvalue weighted by Gasteiger charge is -2.09. The summed E-state index contributed by atoms with van der Waals surface area (Å²) in [5.41, 5.74) is 9.89. The van der Waals surface area contributed by atoms with Crippen LogP contribution in [0.25, 0.3) is 5.57 Å². The molecule has 0 radical (unpaired) electrons. The van der Waals surface area contributed by atoms with Crippen LogP contribution in [0.4, 0.5) is 5.69 Å². The fourth-order valence-electron chi connectivity index (χ4n) is 1.56. The van der Waals surface area contributed by atoms with E-state index in [2.05, 4.69) is 12.5 Å². The maximum absolute atomic E-state index is 6.09. The molecule has 0 unspecified atom stereocenters. The highest BCUT2D eigenvalue weighted by atomic mass is 35.5. The number of nitrogens with two attached hydrogens (primary N) is 1. The number of nitrogen functional groups attached to an aromatic ring is 1. The second-order valence-corrected chi connectivity index (χ2v) is 5.05. The number of hydrogen-bond acceptors (Lipinski definition) is 2. The second-order valence-electron chi connectivity index (χ2n) is 3.53. The van der Waals surface area contributed by atoms with Crippen LogP contribution in [0.3, 0.4) is 0 Å². The molecule has 0 fully saturated rings. The third kappa shape index (κ3) is 2.21. The molecule has 0 aliphatic carbocycles. The number of rotatable bonds is 2. The van der Waals surface area contributed by atoms with Gasteiger partial charge in [-0.25, -0.2) is 0 Å². The first-order chi connectivity index (χ1) is 8.13. The first-order valence-corrected chi connectivity index (χ1v) is 6.18. The molecule has 1 nitrogen and oxygen atoms in total. The van der Waals surface area contributed by atoms with Gasteiger partial charge in [0.25, 0.3) is 0 Å². The molecule has 0 amide bonds. The van der Waals surface area contributed by atoms with Gasteiger partial charge in [-0.2, -0.15) is 0 Å². The van der Waals surface area contributed by atoms with Crippen LogP contribution in [-0.4, -0.2) is 0 Å². The quantitative estimate of drug-likeness (QED) is 0.640. The minimum absolute atomic E-state index is 0.649. The molecular weight excluding hydrogens is 250 g/mol. The average molecular weight is 260 g/mol. The molecule has 0 aliphatic heterocycles. The molecular formula is C14H10ClNS. The Labute approximate surface area is 110 Å². The van der Waals surface area contributed by atoms with Crippen LogP contribution in [0.2, 0.25) is 4.34 Å². The maximum Gasteiger partial charge on any atom is 0.101 e. The summed E-state index contributed by atoms with van der Waals surface area (Å²) in [5.74, 6) is 2.58. The van der Waals surface area contributed by atoms with Gasteiger partial charge in [-0.1, -0.05) is 24.1 Å². The van der Waals surface area contributed by atoms with Gasteiger partial charge in [0.1, 0.15) is 4.34 Å². The van der Waals surface area contributed by atoms with E-state index in [-0.39, 0.29) is 0 Å². The Morgan fingerprint density at radius 2 is 2.12 bits per heavy atom. The first kappa shape index (κ1) is 11.8. The van der Waals surface area contributed by atoms with Crippen LogP contribution in [-0.2, 0) is 0 Å². The van der Waals surface area contributed by atoms with Gasteiger partial charge in [-0.05, 0) is 35.2 Å².